The number of carbonyl (C=O) groups is 2. The molecule has 1 aliphatic heterocycles. The number of carbonyl (C=O) groups excluding carboxylic acids is 2. The van der Waals surface area contributed by atoms with E-state index in [0.717, 1.165) is 5.56 Å². The molecular weight excluding hydrogens is 351 g/mol. The van der Waals surface area contributed by atoms with E-state index in [9.17, 15) is 14.0 Å². The second kappa shape index (κ2) is 8.98. The fraction of sp³-hybridized carbons (Fsp3) is 0.316. The van der Waals surface area contributed by atoms with Crippen molar-refractivity contribution in [1.29, 1.82) is 0 Å². The average Bonchev–Trinajstić information content (AvgIpc) is 2.73. The number of benzene rings is 1. The molecule has 0 radical (unpaired) electrons. The Hall–Kier alpha value is -3.16. The number of amides is 2. The first-order valence-corrected chi connectivity index (χ1v) is 8.69. The fourth-order valence-corrected chi connectivity index (χ4v) is 2.84. The molecule has 1 saturated heterocycles. The van der Waals surface area contributed by atoms with Gasteiger partial charge in [0.25, 0.3) is 5.91 Å². The maximum atomic E-state index is 12.5. The summed E-state index contributed by atoms with van der Waals surface area (Å²) in [5.74, 6) is -0.149. The van der Waals surface area contributed by atoms with Crippen LogP contribution >= 0.6 is 0 Å². The highest BCUT2D eigenvalue weighted by atomic mass is 19.1. The van der Waals surface area contributed by atoms with Crippen molar-refractivity contribution in [3.63, 3.8) is 0 Å². The van der Waals surface area contributed by atoms with Crippen molar-refractivity contribution in [2.24, 2.45) is 0 Å². The SMILES string of the molecule is O=C(CF)Nc1cccnc1N1CCN(C(=O)OCc2ccccc2)CC1. The molecule has 142 valence electrons. The van der Waals surface area contributed by atoms with Crippen molar-refractivity contribution < 1.29 is 18.7 Å². The number of ether oxygens (including phenoxy) is 1. The second-order valence-corrected chi connectivity index (χ2v) is 6.07. The highest BCUT2D eigenvalue weighted by Gasteiger charge is 2.24. The first-order chi connectivity index (χ1) is 13.2. The van der Waals surface area contributed by atoms with E-state index in [0.29, 0.717) is 37.7 Å². The zero-order chi connectivity index (χ0) is 19.1. The molecule has 0 spiro atoms. The van der Waals surface area contributed by atoms with Gasteiger partial charge in [-0.15, -0.1) is 0 Å². The van der Waals surface area contributed by atoms with Crippen LogP contribution in [-0.4, -0.2) is 54.7 Å². The van der Waals surface area contributed by atoms with Crippen molar-refractivity contribution in [3.8, 4) is 0 Å². The number of alkyl halides is 1. The maximum absolute atomic E-state index is 12.5. The van der Waals surface area contributed by atoms with E-state index in [4.69, 9.17) is 4.74 Å². The monoisotopic (exact) mass is 372 g/mol. The standard InChI is InChI=1S/C19H21FN4O3/c20-13-17(25)22-16-7-4-8-21-18(16)23-9-11-24(12-10-23)19(26)27-14-15-5-2-1-3-6-15/h1-8H,9-14H2,(H,22,25). The maximum Gasteiger partial charge on any atom is 0.410 e. The van der Waals surface area contributed by atoms with Crippen LogP contribution in [0.25, 0.3) is 0 Å². The van der Waals surface area contributed by atoms with Crippen LogP contribution in [0.4, 0.5) is 20.7 Å². The van der Waals surface area contributed by atoms with Gasteiger partial charge in [0.05, 0.1) is 5.69 Å². The minimum Gasteiger partial charge on any atom is -0.445 e. The predicted molar refractivity (Wildman–Crippen MR) is 99.3 cm³/mol. The Bertz CT molecular complexity index is 780. The van der Waals surface area contributed by atoms with E-state index in [1.165, 1.54) is 0 Å². The van der Waals surface area contributed by atoms with Gasteiger partial charge in [0.15, 0.2) is 12.5 Å². The molecule has 27 heavy (non-hydrogen) atoms. The molecule has 1 aromatic carbocycles. The van der Waals surface area contributed by atoms with Crippen molar-refractivity contribution >= 4 is 23.5 Å². The van der Waals surface area contributed by atoms with Crippen LogP contribution in [0.5, 0.6) is 0 Å². The zero-order valence-electron chi connectivity index (χ0n) is 14.8. The first kappa shape index (κ1) is 18.6. The van der Waals surface area contributed by atoms with Crippen molar-refractivity contribution in [1.82, 2.24) is 9.88 Å². The predicted octanol–water partition coefficient (Wildman–Crippen LogP) is 2.45. The van der Waals surface area contributed by atoms with Crippen molar-refractivity contribution in [2.45, 2.75) is 6.61 Å². The van der Waals surface area contributed by atoms with Gasteiger partial charge in [-0.1, -0.05) is 30.3 Å². The van der Waals surface area contributed by atoms with Crippen LogP contribution in [0.2, 0.25) is 0 Å². The second-order valence-electron chi connectivity index (χ2n) is 6.07. The number of pyridine rings is 1. The topological polar surface area (TPSA) is 74.8 Å². The number of anilines is 2. The highest BCUT2D eigenvalue weighted by Crippen LogP contribution is 2.24. The summed E-state index contributed by atoms with van der Waals surface area (Å²) >= 11 is 0. The van der Waals surface area contributed by atoms with Gasteiger partial charge < -0.3 is 19.9 Å². The molecular formula is C19H21FN4O3. The molecule has 1 aliphatic rings. The summed E-state index contributed by atoms with van der Waals surface area (Å²) in [5.41, 5.74) is 1.39. The van der Waals surface area contributed by atoms with E-state index in [2.05, 4.69) is 10.3 Å². The van der Waals surface area contributed by atoms with Crippen LogP contribution in [0.15, 0.2) is 48.7 Å². The van der Waals surface area contributed by atoms with Crippen molar-refractivity contribution in [2.75, 3.05) is 43.1 Å². The number of piperazine rings is 1. The highest BCUT2D eigenvalue weighted by molar-refractivity contribution is 5.94. The van der Waals surface area contributed by atoms with Crippen LogP contribution in [0.3, 0.4) is 0 Å². The van der Waals surface area contributed by atoms with E-state index in [1.54, 1.807) is 23.2 Å². The summed E-state index contributed by atoms with van der Waals surface area (Å²) in [6.07, 6.45) is 1.26. The van der Waals surface area contributed by atoms with Crippen molar-refractivity contribution in [3.05, 3.63) is 54.2 Å². The molecule has 1 aromatic heterocycles. The van der Waals surface area contributed by atoms with E-state index in [-0.39, 0.29) is 12.7 Å². The van der Waals surface area contributed by atoms with E-state index < -0.39 is 12.6 Å². The van der Waals surface area contributed by atoms with Gasteiger partial charge in [-0.05, 0) is 17.7 Å². The fourth-order valence-electron chi connectivity index (χ4n) is 2.84. The molecule has 0 atom stereocenters. The third-order valence-electron chi connectivity index (χ3n) is 4.22. The summed E-state index contributed by atoms with van der Waals surface area (Å²) in [7, 11) is 0. The zero-order valence-corrected chi connectivity index (χ0v) is 14.8. The Balaban J connectivity index is 1.54. The Kier molecular flexibility index (Phi) is 6.19. The molecule has 8 heteroatoms. The molecule has 2 aromatic rings. The lowest BCUT2D eigenvalue weighted by Crippen LogP contribution is -2.49. The van der Waals surface area contributed by atoms with E-state index >= 15 is 0 Å². The number of hydrogen-bond acceptors (Lipinski definition) is 5. The Morgan fingerprint density at radius 3 is 2.52 bits per heavy atom. The smallest absolute Gasteiger partial charge is 0.410 e. The van der Waals surface area contributed by atoms with Crippen LogP contribution in [0, 0.1) is 0 Å². The molecule has 0 saturated carbocycles. The molecule has 1 N–H and O–H groups in total. The summed E-state index contributed by atoms with van der Waals surface area (Å²) in [5, 5.41) is 2.51. The number of nitrogens with one attached hydrogen (secondary N) is 1. The number of nitrogens with zero attached hydrogens (tertiary/aromatic N) is 3. The minimum atomic E-state index is -1.09. The third-order valence-corrected chi connectivity index (χ3v) is 4.22. The van der Waals surface area contributed by atoms with Gasteiger partial charge in [-0.25, -0.2) is 14.2 Å². The molecule has 0 aliphatic carbocycles. The van der Waals surface area contributed by atoms with Gasteiger partial charge in [0.2, 0.25) is 0 Å². The third kappa shape index (κ3) is 4.93. The van der Waals surface area contributed by atoms with Crippen LogP contribution in [-0.2, 0) is 16.1 Å². The van der Waals surface area contributed by atoms with Crippen LogP contribution in [0.1, 0.15) is 5.56 Å². The van der Waals surface area contributed by atoms with Gasteiger partial charge in [0.1, 0.15) is 6.61 Å². The average molecular weight is 372 g/mol. The number of halogens is 1. The lowest BCUT2D eigenvalue weighted by Gasteiger charge is -2.35. The Labute approximate surface area is 156 Å². The Morgan fingerprint density at radius 2 is 1.81 bits per heavy atom. The molecule has 2 heterocycles. The summed E-state index contributed by atoms with van der Waals surface area (Å²) < 4.78 is 17.8. The number of rotatable bonds is 5. The summed E-state index contributed by atoms with van der Waals surface area (Å²) in [4.78, 5) is 31.5. The summed E-state index contributed by atoms with van der Waals surface area (Å²) in [6.45, 7) is 1.17. The molecule has 7 nitrogen and oxygen atoms in total. The number of aromatic nitrogens is 1. The molecule has 2 amide bonds. The molecule has 0 unspecified atom stereocenters. The Morgan fingerprint density at radius 1 is 1.07 bits per heavy atom. The largest absolute Gasteiger partial charge is 0.445 e. The molecule has 0 bridgehead atoms. The lowest BCUT2D eigenvalue weighted by atomic mass is 10.2. The lowest BCUT2D eigenvalue weighted by molar-refractivity contribution is -0.117. The van der Waals surface area contributed by atoms with Gasteiger partial charge in [0, 0.05) is 32.4 Å². The number of hydrogen-bond donors (Lipinski definition) is 1. The quantitative estimate of drug-likeness (QED) is 0.873. The minimum absolute atomic E-state index is 0.236. The van der Waals surface area contributed by atoms with Gasteiger partial charge >= 0.3 is 6.09 Å². The molecule has 3 rings (SSSR count). The first-order valence-electron chi connectivity index (χ1n) is 8.69. The van der Waals surface area contributed by atoms with Gasteiger partial charge in [-0.2, -0.15) is 0 Å². The molecule has 1 fully saturated rings. The van der Waals surface area contributed by atoms with Gasteiger partial charge in [-0.3, -0.25) is 4.79 Å². The van der Waals surface area contributed by atoms with E-state index in [1.807, 2.05) is 35.2 Å². The normalized spacial score (nSPS) is 14.0. The summed E-state index contributed by atoms with van der Waals surface area (Å²) in [6, 6.07) is 12.9. The van der Waals surface area contributed by atoms with Crippen LogP contribution < -0.4 is 10.2 Å².